The van der Waals surface area contributed by atoms with Crippen molar-refractivity contribution in [3.63, 3.8) is 0 Å². The van der Waals surface area contributed by atoms with Gasteiger partial charge in [-0.2, -0.15) is 4.98 Å². The van der Waals surface area contributed by atoms with Gasteiger partial charge in [-0.15, -0.1) is 11.3 Å². The molecule has 96 valence electrons. The smallest absolute Gasteiger partial charge is 0.224 e. The van der Waals surface area contributed by atoms with Crippen molar-refractivity contribution in [1.82, 2.24) is 9.97 Å². The first kappa shape index (κ1) is 13.3. The van der Waals surface area contributed by atoms with Crippen LogP contribution in [0.3, 0.4) is 0 Å². The molecule has 6 heteroatoms. The normalized spacial score (nSPS) is 10.4. The van der Waals surface area contributed by atoms with Crippen LogP contribution in [0.5, 0.6) is 0 Å². The summed E-state index contributed by atoms with van der Waals surface area (Å²) in [5.41, 5.74) is 1.06. The molecule has 2 aromatic rings. The molecule has 0 saturated carbocycles. The van der Waals surface area contributed by atoms with Gasteiger partial charge in [0.25, 0.3) is 0 Å². The van der Waals surface area contributed by atoms with Gasteiger partial charge in [-0.1, -0.05) is 0 Å². The quantitative estimate of drug-likeness (QED) is 0.885. The Morgan fingerprint density at radius 2 is 2.22 bits per heavy atom. The van der Waals surface area contributed by atoms with Crippen LogP contribution in [0, 0.1) is 6.92 Å². The highest BCUT2D eigenvalue weighted by molar-refractivity contribution is 9.11. The fraction of sp³-hybridized carbons (Fsp3) is 0.333. The van der Waals surface area contributed by atoms with E-state index in [0.717, 1.165) is 24.3 Å². The van der Waals surface area contributed by atoms with Crippen molar-refractivity contribution in [2.75, 3.05) is 24.2 Å². The van der Waals surface area contributed by atoms with Gasteiger partial charge in [0.2, 0.25) is 5.95 Å². The van der Waals surface area contributed by atoms with Gasteiger partial charge in [0.05, 0.1) is 3.79 Å². The Hall–Kier alpha value is -1.14. The molecule has 2 heterocycles. The van der Waals surface area contributed by atoms with E-state index in [1.165, 1.54) is 8.66 Å². The van der Waals surface area contributed by atoms with Crippen LogP contribution in [-0.4, -0.2) is 23.6 Å². The van der Waals surface area contributed by atoms with Crippen LogP contribution >= 0.6 is 27.3 Å². The number of hydrogen-bond acceptors (Lipinski definition) is 5. The Balaban J connectivity index is 1.93. The first-order valence-electron chi connectivity index (χ1n) is 5.68. The third kappa shape index (κ3) is 3.43. The van der Waals surface area contributed by atoms with Crippen molar-refractivity contribution in [1.29, 1.82) is 0 Å². The predicted molar refractivity (Wildman–Crippen MR) is 80.5 cm³/mol. The van der Waals surface area contributed by atoms with Crippen molar-refractivity contribution in [2.24, 2.45) is 0 Å². The summed E-state index contributed by atoms with van der Waals surface area (Å²) in [5, 5.41) is 6.29. The van der Waals surface area contributed by atoms with Crippen molar-refractivity contribution in [3.05, 3.63) is 32.6 Å². The highest BCUT2D eigenvalue weighted by Crippen LogP contribution is 2.22. The third-order valence-corrected chi connectivity index (χ3v) is 4.17. The Labute approximate surface area is 119 Å². The van der Waals surface area contributed by atoms with E-state index in [1.54, 1.807) is 11.3 Å². The van der Waals surface area contributed by atoms with E-state index >= 15 is 0 Å². The first-order valence-corrected chi connectivity index (χ1v) is 7.29. The molecular formula is C12H15BrN4S. The van der Waals surface area contributed by atoms with Gasteiger partial charge in [-0.3, -0.25) is 0 Å². The fourth-order valence-electron chi connectivity index (χ4n) is 1.53. The van der Waals surface area contributed by atoms with Crippen molar-refractivity contribution in [2.45, 2.75) is 13.3 Å². The molecule has 0 saturated heterocycles. The Bertz CT molecular complexity index is 527. The first-order chi connectivity index (χ1) is 8.69. The Morgan fingerprint density at radius 1 is 1.39 bits per heavy atom. The zero-order valence-electron chi connectivity index (χ0n) is 10.3. The summed E-state index contributed by atoms with van der Waals surface area (Å²) in [6, 6.07) is 4.22. The molecule has 0 aromatic carbocycles. The van der Waals surface area contributed by atoms with Crippen LogP contribution in [0.2, 0.25) is 0 Å². The molecule has 4 nitrogen and oxygen atoms in total. The number of nitrogens with zero attached hydrogens (tertiary/aromatic N) is 2. The highest BCUT2D eigenvalue weighted by atomic mass is 79.9. The van der Waals surface area contributed by atoms with Gasteiger partial charge in [0.1, 0.15) is 5.82 Å². The van der Waals surface area contributed by atoms with E-state index in [9.17, 15) is 0 Å². The van der Waals surface area contributed by atoms with Gasteiger partial charge < -0.3 is 10.6 Å². The number of rotatable bonds is 5. The topological polar surface area (TPSA) is 49.8 Å². The second-order valence-electron chi connectivity index (χ2n) is 3.86. The number of thiophene rings is 1. The zero-order chi connectivity index (χ0) is 13.0. The van der Waals surface area contributed by atoms with Crippen LogP contribution in [0.1, 0.15) is 10.4 Å². The standard InChI is InChI=1S/C12H15BrN4S/c1-8-7-16-12(14-2)17-11(8)15-6-5-9-3-4-10(13)18-9/h3-4,7H,5-6H2,1-2H3,(H2,14,15,16,17). The second-order valence-corrected chi connectivity index (χ2v) is 6.41. The molecule has 0 aliphatic rings. The van der Waals surface area contributed by atoms with E-state index in [-0.39, 0.29) is 0 Å². The van der Waals surface area contributed by atoms with Crippen LogP contribution in [-0.2, 0) is 6.42 Å². The van der Waals surface area contributed by atoms with Crippen molar-refractivity contribution >= 4 is 39.0 Å². The summed E-state index contributed by atoms with van der Waals surface area (Å²) in [5.74, 6) is 1.53. The molecule has 0 aliphatic carbocycles. The average molecular weight is 327 g/mol. The minimum atomic E-state index is 0.641. The van der Waals surface area contributed by atoms with Crippen LogP contribution < -0.4 is 10.6 Å². The molecule has 0 amide bonds. The van der Waals surface area contributed by atoms with Gasteiger partial charge in [0, 0.05) is 30.2 Å². The van der Waals surface area contributed by atoms with Gasteiger partial charge in [-0.05, 0) is 41.4 Å². The maximum Gasteiger partial charge on any atom is 0.224 e. The molecule has 18 heavy (non-hydrogen) atoms. The third-order valence-electron chi connectivity index (χ3n) is 2.49. The number of aromatic nitrogens is 2. The van der Waals surface area contributed by atoms with E-state index in [2.05, 4.69) is 48.7 Å². The van der Waals surface area contributed by atoms with Crippen molar-refractivity contribution in [3.8, 4) is 0 Å². The number of aryl methyl sites for hydroxylation is 1. The SMILES string of the molecule is CNc1ncc(C)c(NCCc2ccc(Br)s2)n1. The van der Waals surface area contributed by atoms with E-state index in [1.807, 2.05) is 20.2 Å². The molecule has 2 N–H and O–H groups in total. The van der Waals surface area contributed by atoms with E-state index < -0.39 is 0 Å². The lowest BCUT2D eigenvalue weighted by Gasteiger charge is -2.08. The van der Waals surface area contributed by atoms with Crippen LogP contribution in [0.15, 0.2) is 22.1 Å². The number of nitrogens with one attached hydrogen (secondary N) is 2. The minimum absolute atomic E-state index is 0.641. The molecular weight excluding hydrogens is 312 g/mol. The van der Waals surface area contributed by atoms with Gasteiger partial charge in [-0.25, -0.2) is 4.98 Å². The largest absolute Gasteiger partial charge is 0.369 e. The van der Waals surface area contributed by atoms with E-state index in [4.69, 9.17) is 0 Å². The molecule has 0 fully saturated rings. The Kier molecular flexibility index (Phi) is 4.54. The van der Waals surface area contributed by atoms with Gasteiger partial charge in [0.15, 0.2) is 0 Å². The van der Waals surface area contributed by atoms with Crippen LogP contribution in [0.4, 0.5) is 11.8 Å². The lowest BCUT2D eigenvalue weighted by Crippen LogP contribution is -2.09. The number of halogens is 1. The molecule has 0 radical (unpaired) electrons. The monoisotopic (exact) mass is 326 g/mol. The summed E-state index contributed by atoms with van der Waals surface area (Å²) < 4.78 is 1.17. The molecule has 0 atom stereocenters. The second kappa shape index (κ2) is 6.15. The Morgan fingerprint density at radius 3 is 2.89 bits per heavy atom. The summed E-state index contributed by atoms with van der Waals surface area (Å²) in [6.07, 6.45) is 2.82. The fourth-order valence-corrected chi connectivity index (χ4v) is 3.01. The molecule has 0 unspecified atom stereocenters. The molecule has 0 spiro atoms. The number of hydrogen-bond donors (Lipinski definition) is 2. The van der Waals surface area contributed by atoms with Crippen molar-refractivity contribution < 1.29 is 0 Å². The average Bonchev–Trinajstić information content (AvgIpc) is 2.77. The van der Waals surface area contributed by atoms with Gasteiger partial charge >= 0.3 is 0 Å². The summed E-state index contributed by atoms with van der Waals surface area (Å²) >= 11 is 5.23. The summed E-state index contributed by atoms with van der Waals surface area (Å²) in [4.78, 5) is 9.91. The molecule has 2 rings (SSSR count). The minimum Gasteiger partial charge on any atom is -0.369 e. The van der Waals surface area contributed by atoms with E-state index in [0.29, 0.717) is 5.95 Å². The maximum atomic E-state index is 4.39. The predicted octanol–water partition coefficient (Wildman–Crippen LogP) is 3.31. The molecule has 0 bridgehead atoms. The lowest BCUT2D eigenvalue weighted by molar-refractivity contribution is 1.01. The summed E-state index contributed by atoms with van der Waals surface area (Å²) in [6.45, 7) is 2.87. The summed E-state index contributed by atoms with van der Waals surface area (Å²) in [7, 11) is 1.82. The van der Waals surface area contributed by atoms with Crippen LogP contribution in [0.25, 0.3) is 0 Å². The zero-order valence-corrected chi connectivity index (χ0v) is 12.7. The number of anilines is 2. The molecule has 2 aromatic heterocycles. The molecule has 0 aliphatic heterocycles. The lowest BCUT2D eigenvalue weighted by atomic mass is 10.3. The maximum absolute atomic E-state index is 4.39. The highest BCUT2D eigenvalue weighted by Gasteiger charge is 2.03.